The van der Waals surface area contributed by atoms with Crippen LogP contribution in [0.3, 0.4) is 0 Å². The molecule has 1 fully saturated rings. The summed E-state index contributed by atoms with van der Waals surface area (Å²) >= 11 is 0. The number of nitrogens with zero attached hydrogens (tertiary/aromatic N) is 4. The van der Waals surface area contributed by atoms with Gasteiger partial charge in [-0.3, -0.25) is 14.3 Å². The van der Waals surface area contributed by atoms with Crippen molar-refractivity contribution in [2.24, 2.45) is 13.0 Å². The Kier molecular flexibility index (Phi) is 4.68. The minimum atomic E-state index is -0.0674. The maximum absolute atomic E-state index is 12.7. The van der Waals surface area contributed by atoms with E-state index >= 15 is 0 Å². The van der Waals surface area contributed by atoms with E-state index in [4.69, 9.17) is 0 Å². The lowest BCUT2D eigenvalue weighted by atomic mass is 9.99. The quantitative estimate of drug-likeness (QED) is 0.789. The number of hydrogen-bond acceptors (Lipinski definition) is 3. The molecular weight excluding hydrogens is 280 g/mol. The van der Waals surface area contributed by atoms with Crippen molar-refractivity contribution < 1.29 is 9.59 Å². The summed E-state index contributed by atoms with van der Waals surface area (Å²) in [5.41, 5.74) is 1.41. The van der Waals surface area contributed by atoms with E-state index in [-0.39, 0.29) is 23.8 Å². The van der Waals surface area contributed by atoms with Crippen LogP contribution in [0.4, 0.5) is 0 Å². The number of amides is 2. The van der Waals surface area contributed by atoms with Crippen LogP contribution in [0.25, 0.3) is 0 Å². The Morgan fingerprint density at radius 2 is 2.09 bits per heavy atom. The van der Waals surface area contributed by atoms with Crippen molar-refractivity contribution in [1.82, 2.24) is 19.6 Å². The number of aromatic nitrogens is 2. The molecule has 0 aromatic carbocycles. The largest absolute Gasteiger partial charge is 0.333 e. The van der Waals surface area contributed by atoms with Crippen molar-refractivity contribution in [3.05, 3.63) is 30.1 Å². The third-order valence-corrected chi connectivity index (χ3v) is 4.15. The third kappa shape index (κ3) is 3.05. The van der Waals surface area contributed by atoms with Crippen LogP contribution in [0.2, 0.25) is 0 Å². The molecule has 2 amide bonds. The minimum absolute atomic E-state index is 0.0116. The average Bonchev–Trinajstić information content (AvgIpc) is 2.83. The molecule has 1 saturated heterocycles. The molecule has 0 saturated carbocycles. The monoisotopic (exact) mass is 304 g/mol. The second-order valence-electron chi connectivity index (χ2n) is 6.09. The number of rotatable bonds is 3. The first-order valence-electron chi connectivity index (χ1n) is 7.58. The lowest BCUT2D eigenvalue weighted by Crippen LogP contribution is -2.58. The molecular formula is C16H24N4O2. The smallest absolute Gasteiger partial charge is 0.272 e. The molecule has 6 nitrogen and oxygen atoms in total. The molecule has 2 rings (SSSR count). The van der Waals surface area contributed by atoms with Gasteiger partial charge in [0.15, 0.2) is 0 Å². The summed E-state index contributed by atoms with van der Waals surface area (Å²) in [5.74, 6) is 0.175. The number of carbonyl (C=O) groups is 2. The molecule has 1 aliphatic heterocycles. The van der Waals surface area contributed by atoms with Crippen molar-refractivity contribution in [3.8, 4) is 0 Å². The van der Waals surface area contributed by atoms with Gasteiger partial charge in [0.1, 0.15) is 5.69 Å². The van der Waals surface area contributed by atoms with Crippen molar-refractivity contribution in [2.75, 3.05) is 19.6 Å². The predicted molar refractivity (Wildman–Crippen MR) is 84.4 cm³/mol. The number of carbonyl (C=O) groups excluding carboxylic acids is 2. The Morgan fingerprint density at radius 3 is 2.59 bits per heavy atom. The fourth-order valence-corrected chi connectivity index (χ4v) is 2.93. The van der Waals surface area contributed by atoms with Gasteiger partial charge in [-0.15, -0.1) is 0 Å². The molecule has 6 heteroatoms. The van der Waals surface area contributed by atoms with Crippen LogP contribution in [0.15, 0.2) is 18.7 Å². The number of hydrogen-bond donors (Lipinski definition) is 0. The Balaban J connectivity index is 2.18. The van der Waals surface area contributed by atoms with Gasteiger partial charge in [-0.1, -0.05) is 20.4 Å². The molecule has 0 radical (unpaired) electrons. The van der Waals surface area contributed by atoms with E-state index < -0.39 is 0 Å². The van der Waals surface area contributed by atoms with Gasteiger partial charge in [0.2, 0.25) is 5.91 Å². The van der Waals surface area contributed by atoms with Crippen LogP contribution in [-0.2, 0) is 11.8 Å². The molecule has 22 heavy (non-hydrogen) atoms. The predicted octanol–water partition coefficient (Wildman–Crippen LogP) is 1.22. The third-order valence-electron chi connectivity index (χ3n) is 4.15. The van der Waals surface area contributed by atoms with Gasteiger partial charge < -0.3 is 9.80 Å². The zero-order valence-corrected chi connectivity index (χ0v) is 13.7. The minimum Gasteiger partial charge on any atom is -0.333 e. The van der Waals surface area contributed by atoms with Gasteiger partial charge in [-0.2, -0.15) is 5.10 Å². The second kappa shape index (κ2) is 6.34. The molecule has 1 atom stereocenters. The van der Waals surface area contributed by atoms with Gasteiger partial charge >= 0.3 is 0 Å². The Bertz CT molecular complexity index is 591. The van der Waals surface area contributed by atoms with E-state index in [1.807, 2.05) is 16.7 Å². The molecule has 0 spiro atoms. The summed E-state index contributed by atoms with van der Waals surface area (Å²) in [5, 5.41) is 4.23. The molecule has 120 valence electrons. The topological polar surface area (TPSA) is 58.4 Å². The van der Waals surface area contributed by atoms with E-state index in [9.17, 15) is 9.59 Å². The van der Waals surface area contributed by atoms with Crippen LogP contribution >= 0.6 is 0 Å². The summed E-state index contributed by atoms with van der Waals surface area (Å²) in [4.78, 5) is 28.3. The lowest BCUT2D eigenvalue weighted by Gasteiger charge is -2.43. The maximum Gasteiger partial charge on any atom is 0.272 e. The fraction of sp³-hybridized carbons (Fsp3) is 0.562. The van der Waals surface area contributed by atoms with Gasteiger partial charge in [0.25, 0.3) is 5.91 Å². The van der Waals surface area contributed by atoms with E-state index in [0.29, 0.717) is 25.3 Å². The summed E-state index contributed by atoms with van der Waals surface area (Å²) in [7, 11) is 1.78. The van der Waals surface area contributed by atoms with E-state index in [0.717, 1.165) is 5.69 Å². The van der Waals surface area contributed by atoms with Crippen LogP contribution in [0.5, 0.6) is 0 Å². The van der Waals surface area contributed by atoms with Gasteiger partial charge in [-0.25, -0.2) is 0 Å². The fourth-order valence-electron chi connectivity index (χ4n) is 2.93. The van der Waals surface area contributed by atoms with Gasteiger partial charge in [0.05, 0.1) is 11.7 Å². The number of piperazine rings is 1. The zero-order valence-electron chi connectivity index (χ0n) is 13.7. The normalized spacial score (nSPS) is 18.7. The molecule has 1 aromatic rings. The van der Waals surface area contributed by atoms with Crippen molar-refractivity contribution in [1.29, 1.82) is 0 Å². The second-order valence-corrected chi connectivity index (χ2v) is 6.09. The summed E-state index contributed by atoms with van der Waals surface area (Å²) in [6.07, 6.45) is 1.34. The maximum atomic E-state index is 12.7. The van der Waals surface area contributed by atoms with Gasteiger partial charge in [-0.05, 0) is 25.0 Å². The molecule has 1 aromatic heterocycles. The molecule has 0 aliphatic carbocycles. The van der Waals surface area contributed by atoms with Crippen LogP contribution in [0, 0.1) is 12.8 Å². The molecule has 2 heterocycles. The zero-order chi connectivity index (χ0) is 16.4. The number of aryl methyl sites for hydroxylation is 2. The highest BCUT2D eigenvalue weighted by Gasteiger charge is 2.34. The molecule has 0 unspecified atom stereocenters. The van der Waals surface area contributed by atoms with Gasteiger partial charge in [0, 0.05) is 26.7 Å². The van der Waals surface area contributed by atoms with E-state index in [1.54, 1.807) is 17.8 Å². The Labute approximate surface area is 131 Å². The highest BCUT2D eigenvalue weighted by atomic mass is 16.2. The van der Waals surface area contributed by atoms with Crippen LogP contribution in [-0.4, -0.2) is 57.1 Å². The SMILES string of the molecule is C=CC(=O)N1CCN(C(=O)c2cc(C)nn2C)C[C@@H]1C(C)C. The highest BCUT2D eigenvalue weighted by Crippen LogP contribution is 2.19. The first kappa shape index (κ1) is 16.3. The van der Waals surface area contributed by atoms with Crippen LogP contribution < -0.4 is 0 Å². The summed E-state index contributed by atoms with van der Waals surface area (Å²) in [6.45, 7) is 11.2. The Morgan fingerprint density at radius 1 is 1.41 bits per heavy atom. The van der Waals surface area contributed by atoms with Crippen LogP contribution in [0.1, 0.15) is 30.0 Å². The summed E-state index contributed by atoms with van der Waals surface area (Å²) in [6, 6.07) is 1.81. The standard InChI is InChI=1S/C16H24N4O2/c1-6-15(21)20-8-7-19(10-14(20)11(2)3)16(22)13-9-12(4)17-18(13)5/h6,9,11,14H,1,7-8,10H2,2-5H3/t14-/m1/s1. The van der Waals surface area contributed by atoms with Crippen molar-refractivity contribution in [2.45, 2.75) is 26.8 Å². The van der Waals surface area contributed by atoms with Crippen molar-refractivity contribution in [3.63, 3.8) is 0 Å². The van der Waals surface area contributed by atoms with E-state index in [2.05, 4.69) is 25.5 Å². The van der Waals surface area contributed by atoms with Crippen molar-refractivity contribution >= 4 is 11.8 Å². The highest BCUT2D eigenvalue weighted by molar-refractivity contribution is 5.93. The average molecular weight is 304 g/mol. The Hall–Kier alpha value is -2.11. The molecule has 1 aliphatic rings. The molecule has 0 N–H and O–H groups in total. The molecule has 0 bridgehead atoms. The first-order valence-corrected chi connectivity index (χ1v) is 7.58. The first-order chi connectivity index (χ1) is 10.3. The van der Waals surface area contributed by atoms with E-state index in [1.165, 1.54) is 6.08 Å². The summed E-state index contributed by atoms with van der Waals surface area (Å²) < 4.78 is 1.61. The lowest BCUT2D eigenvalue weighted by molar-refractivity contribution is -0.131.